The molecule has 0 aliphatic carbocycles. The van der Waals surface area contributed by atoms with Crippen LogP contribution in [-0.4, -0.2) is 31.4 Å². The van der Waals surface area contributed by atoms with Crippen molar-refractivity contribution in [1.82, 2.24) is 19.7 Å². The second kappa shape index (κ2) is 9.44. The minimum atomic E-state index is -0.301. The van der Waals surface area contributed by atoms with Gasteiger partial charge in [-0.1, -0.05) is 25.6 Å². The normalized spacial score (nSPS) is 11.2. The molecule has 1 N–H and O–H groups in total. The van der Waals surface area contributed by atoms with Crippen molar-refractivity contribution in [2.75, 3.05) is 11.1 Å². The van der Waals surface area contributed by atoms with Crippen LogP contribution in [-0.2, 0) is 11.3 Å². The maximum absolute atomic E-state index is 13.1. The number of thiazole rings is 1. The van der Waals surface area contributed by atoms with Gasteiger partial charge in [-0.3, -0.25) is 9.36 Å². The van der Waals surface area contributed by atoms with Gasteiger partial charge >= 0.3 is 0 Å². The summed E-state index contributed by atoms with van der Waals surface area (Å²) in [5.74, 6) is 1.49. The molecule has 0 saturated carbocycles. The zero-order chi connectivity index (χ0) is 21.8. The quantitative estimate of drug-likeness (QED) is 0.373. The predicted octanol–water partition coefficient (Wildman–Crippen LogP) is 5.04. The van der Waals surface area contributed by atoms with Crippen LogP contribution in [0.1, 0.15) is 31.4 Å². The average molecular weight is 458 g/mol. The summed E-state index contributed by atoms with van der Waals surface area (Å²) in [5, 5.41) is 14.3. The molecule has 4 aromatic rings. The van der Waals surface area contributed by atoms with Crippen LogP contribution < -0.4 is 5.32 Å². The van der Waals surface area contributed by atoms with E-state index in [4.69, 9.17) is 4.42 Å². The molecule has 0 saturated heterocycles. The first kappa shape index (κ1) is 21.3. The molecule has 3 aromatic heterocycles. The highest BCUT2D eigenvalue weighted by molar-refractivity contribution is 7.99. The molecule has 10 heteroatoms. The number of nitrogens with one attached hydrogen (secondary N) is 1. The van der Waals surface area contributed by atoms with Crippen molar-refractivity contribution in [2.24, 2.45) is 0 Å². The van der Waals surface area contributed by atoms with Crippen molar-refractivity contribution < 1.29 is 13.6 Å². The monoisotopic (exact) mass is 457 g/mol. The molecule has 160 valence electrons. The Bertz CT molecular complexity index is 1150. The minimum absolute atomic E-state index is 0.167. The highest BCUT2D eigenvalue weighted by atomic mass is 32.2. The molecular formula is C21H20FN5O2S2. The third-order valence-corrected chi connectivity index (χ3v) is 6.10. The third-order valence-electron chi connectivity index (χ3n) is 4.38. The van der Waals surface area contributed by atoms with E-state index in [0.717, 1.165) is 17.1 Å². The molecular weight excluding hydrogens is 437 g/mol. The molecule has 0 atom stereocenters. The fraction of sp³-hybridized carbons (Fsp3) is 0.238. The van der Waals surface area contributed by atoms with E-state index in [2.05, 4.69) is 20.5 Å². The van der Waals surface area contributed by atoms with Gasteiger partial charge in [-0.2, -0.15) is 0 Å². The summed E-state index contributed by atoms with van der Waals surface area (Å²) in [4.78, 5) is 16.9. The van der Waals surface area contributed by atoms with Gasteiger partial charge in [0.2, 0.25) is 5.91 Å². The van der Waals surface area contributed by atoms with Crippen LogP contribution in [0.3, 0.4) is 0 Å². The highest BCUT2D eigenvalue weighted by Crippen LogP contribution is 2.26. The van der Waals surface area contributed by atoms with Crippen molar-refractivity contribution in [3.63, 3.8) is 0 Å². The smallest absolute Gasteiger partial charge is 0.236 e. The van der Waals surface area contributed by atoms with Crippen LogP contribution in [0, 0.1) is 5.82 Å². The first-order valence-electron chi connectivity index (χ1n) is 9.59. The van der Waals surface area contributed by atoms with Gasteiger partial charge in [0.1, 0.15) is 17.4 Å². The number of carbonyl (C=O) groups excluding carboxylic acids is 1. The molecule has 1 aromatic carbocycles. The lowest BCUT2D eigenvalue weighted by Gasteiger charge is -2.10. The van der Waals surface area contributed by atoms with Crippen molar-refractivity contribution in [1.29, 1.82) is 0 Å². The van der Waals surface area contributed by atoms with Gasteiger partial charge in [-0.15, -0.1) is 21.5 Å². The van der Waals surface area contributed by atoms with E-state index in [-0.39, 0.29) is 23.4 Å². The fourth-order valence-electron chi connectivity index (χ4n) is 2.91. The van der Waals surface area contributed by atoms with Crippen molar-refractivity contribution >= 4 is 34.1 Å². The van der Waals surface area contributed by atoms with Crippen LogP contribution in [0.2, 0.25) is 0 Å². The van der Waals surface area contributed by atoms with Gasteiger partial charge in [0.05, 0.1) is 24.3 Å². The summed E-state index contributed by atoms with van der Waals surface area (Å²) < 4.78 is 20.5. The third kappa shape index (κ3) is 5.20. The summed E-state index contributed by atoms with van der Waals surface area (Å²) in [5.41, 5.74) is 1.48. The fourth-order valence-corrected chi connectivity index (χ4v) is 4.39. The predicted molar refractivity (Wildman–Crippen MR) is 119 cm³/mol. The summed E-state index contributed by atoms with van der Waals surface area (Å²) in [6.45, 7) is 4.60. The SMILES string of the molecule is CC(C)c1nnc(SCC(=O)Nc2nc(-c3ccc(F)cc3)cs2)n1Cc1ccco1. The zero-order valence-corrected chi connectivity index (χ0v) is 18.5. The Morgan fingerprint density at radius 1 is 1.26 bits per heavy atom. The van der Waals surface area contributed by atoms with E-state index in [9.17, 15) is 9.18 Å². The van der Waals surface area contributed by atoms with Crippen molar-refractivity contribution in [2.45, 2.75) is 31.5 Å². The molecule has 0 aliphatic heterocycles. The first-order chi connectivity index (χ1) is 15.0. The maximum atomic E-state index is 13.1. The van der Waals surface area contributed by atoms with Gasteiger partial charge in [0, 0.05) is 16.9 Å². The maximum Gasteiger partial charge on any atom is 0.236 e. The number of rotatable bonds is 8. The van der Waals surface area contributed by atoms with Crippen molar-refractivity contribution in [3.8, 4) is 11.3 Å². The van der Waals surface area contributed by atoms with Crippen molar-refractivity contribution in [3.05, 3.63) is 65.4 Å². The number of furan rings is 1. The first-order valence-corrected chi connectivity index (χ1v) is 11.5. The lowest BCUT2D eigenvalue weighted by molar-refractivity contribution is -0.113. The van der Waals surface area contributed by atoms with Crippen LogP contribution in [0.4, 0.5) is 9.52 Å². The number of benzene rings is 1. The molecule has 0 bridgehead atoms. The van der Waals surface area contributed by atoms with Crippen LogP contribution in [0.15, 0.2) is 57.6 Å². The lowest BCUT2D eigenvalue weighted by atomic mass is 10.2. The number of nitrogens with zero attached hydrogens (tertiary/aromatic N) is 4. The molecule has 31 heavy (non-hydrogen) atoms. The van der Waals surface area contributed by atoms with E-state index < -0.39 is 0 Å². The molecule has 0 unspecified atom stereocenters. The summed E-state index contributed by atoms with van der Waals surface area (Å²) in [6.07, 6.45) is 1.63. The van der Waals surface area contributed by atoms with Crippen LogP contribution >= 0.6 is 23.1 Å². The zero-order valence-electron chi connectivity index (χ0n) is 16.9. The number of hydrogen-bond acceptors (Lipinski definition) is 7. The number of aromatic nitrogens is 4. The number of anilines is 1. The molecule has 7 nitrogen and oxygen atoms in total. The molecule has 4 rings (SSSR count). The molecule has 0 spiro atoms. The van der Waals surface area contributed by atoms with E-state index in [1.54, 1.807) is 18.4 Å². The number of halogens is 1. The Kier molecular flexibility index (Phi) is 6.47. The van der Waals surface area contributed by atoms with E-state index in [1.165, 1.54) is 35.2 Å². The molecule has 1 amide bonds. The second-order valence-electron chi connectivity index (χ2n) is 7.04. The Morgan fingerprint density at radius 2 is 2.06 bits per heavy atom. The van der Waals surface area contributed by atoms with E-state index in [1.807, 2.05) is 35.9 Å². The molecule has 0 radical (unpaired) electrons. The Balaban J connectivity index is 1.39. The van der Waals surface area contributed by atoms with Gasteiger partial charge in [0.25, 0.3) is 0 Å². The molecule has 0 fully saturated rings. The Labute approximate surface area is 186 Å². The lowest BCUT2D eigenvalue weighted by Crippen LogP contribution is -2.15. The van der Waals surface area contributed by atoms with E-state index in [0.29, 0.717) is 22.5 Å². The topological polar surface area (TPSA) is 85.8 Å². The van der Waals surface area contributed by atoms with Gasteiger partial charge in [-0.25, -0.2) is 9.37 Å². The average Bonchev–Trinajstić information content (AvgIpc) is 3.49. The van der Waals surface area contributed by atoms with E-state index >= 15 is 0 Å². The summed E-state index contributed by atoms with van der Waals surface area (Å²) >= 11 is 2.63. The summed E-state index contributed by atoms with van der Waals surface area (Å²) in [6, 6.07) is 9.81. The van der Waals surface area contributed by atoms with Crippen LogP contribution in [0.25, 0.3) is 11.3 Å². The summed E-state index contributed by atoms with van der Waals surface area (Å²) in [7, 11) is 0. The highest BCUT2D eigenvalue weighted by Gasteiger charge is 2.18. The van der Waals surface area contributed by atoms with Gasteiger partial charge < -0.3 is 9.73 Å². The number of hydrogen-bond donors (Lipinski definition) is 1. The minimum Gasteiger partial charge on any atom is -0.467 e. The van der Waals surface area contributed by atoms with Crippen LogP contribution in [0.5, 0.6) is 0 Å². The number of amides is 1. The van der Waals surface area contributed by atoms with Gasteiger partial charge in [0.15, 0.2) is 10.3 Å². The largest absolute Gasteiger partial charge is 0.467 e. The molecule has 3 heterocycles. The van der Waals surface area contributed by atoms with Gasteiger partial charge in [-0.05, 0) is 36.4 Å². The Hall–Kier alpha value is -2.98. The Morgan fingerprint density at radius 3 is 2.77 bits per heavy atom. The number of thioether (sulfide) groups is 1. The second-order valence-corrected chi connectivity index (χ2v) is 8.84. The standard InChI is InChI=1S/C21H20FN5O2S2/c1-13(2)19-25-26-21(27(19)10-16-4-3-9-29-16)31-12-18(28)24-20-23-17(11-30-20)14-5-7-15(22)8-6-14/h3-9,11,13H,10,12H2,1-2H3,(H,23,24,28). The molecule has 0 aliphatic rings. The number of carbonyl (C=O) groups is 1.